The van der Waals surface area contributed by atoms with Crippen LogP contribution in [-0.2, 0) is 9.59 Å². The van der Waals surface area contributed by atoms with E-state index in [9.17, 15) is 27.6 Å². The van der Waals surface area contributed by atoms with Gasteiger partial charge in [0.05, 0.1) is 42.1 Å². The Bertz CT molecular complexity index is 2190. The number of fused-ring (bicyclic) bond motifs is 1. The molecule has 7 N–H and O–H groups in total. The van der Waals surface area contributed by atoms with Crippen LogP contribution in [0.2, 0.25) is 0 Å². The third kappa shape index (κ3) is 8.22. The van der Waals surface area contributed by atoms with Crippen LogP contribution in [0, 0.1) is 17.2 Å². The molecule has 4 aromatic rings. The van der Waals surface area contributed by atoms with Crippen LogP contribution >= 0.6 is 0 Å². The average molecular weight is 804 g/mol. The second-order valence-corrected chi connectivity index (χ2v) is 15.9. The molecule has 8 rings (SSSR count). The van der Waals surface area contributed by atoms with Gasteiger partial charge < -0.3 is 32.0 Å². The second-order valence-electron chi connectivity index (χ2n) is 15.9. The summed E-state index contributed by atoms with van der Waals surface area (Å²) >= 11 is 0. The highest BCUT2D eigenvalue weighted by Gasteiger charge is 2.34. The van der Waals surface area contributed by atoms with E-state index in [1.54, 1.807) is 28.9 Å². The monoisotopic (exact) mass is 803 g/mol. The first-order chi connectivity index (χ1) is 27.9. The van der Waals surface area contributed by atoms with Crippen LogP contribution in [0.1, 0.15) is 79.0 Å². The molecule has 19 heteroatoms. The summed E-state index contributed by atoms with van der Waals surface area (Å²) in [6.45, 7) is 3.22. The number of carbonyl (C=O) groups excluding carboxylic acids is 3. The van der Waals surface area contributed by atoms with Crippen LogP contribution in [0.3, 0.4) is 0 Å². The van der Waals surface area contributed by atoms with Crippen LogP contribution < -0.4 is 31.9 Å². The molecule has 0 spiro atoms. The predicted octanol–water partition coefficient (Wildman–Crippen LogP) is 3.98. The van der Waals surface area contributed by atoms with Crippen molar-refractivity contribution in [2.24, 2.45) is 17.6 Å². The molecular weight excluding hydrogens is 756 g/mol. The van der Waals surface area contributed by atoms with Gasteiger partial charge in [-0.2, -0.15) is 10.2 Å². The maximum absolute atomic E-state index is 14.2. The fourth-order valence-electron chi connectivity index (χ4n) is 8.73. The van der Waals surface area contributed by atoms with Crippen molar-refractivity contribution in [2.75, 3.05) is 60.6 Å². The molecule has 4 fully saturated rings. The maximum atomic E-state index is 14.2. The fraction of sp³-hybridized carbons (Fsp3) is 0.513. The Kier molecular flexibility index (Phi) is 11.1. The van der Waals surface area contributed by atoms with Gasteiger partial charge in [0.2, 0.25) is 11.8 Å². The fourth-order valence-corrected chi connectivity index (χ4v) is 8.73. The summed E-state index contributed by atoms with van der Waals surface area (Å²) in [5, 5.41) is 28.8. The Balaban J connectivity index is 0.830. The Morgan fingerprint density at radius 1 is 1.05 bits per heavy atom. The maximum Gasteiger partial charge on any atom is 0.284 e. The minimum atomic E-state index is -2.90. The lowest BCUT2D eigenvalue weighted by Gasteiger charge is -2.43. The number of nitrogens with zero attached hydrogens (tertiary/aromatic N) is 7. The number of alkyl halides is 3. The van der Waals surface area contributed by atoms with E-state index in [1.165, 1.54) is 16.9 Å². The Labute approximate surface area is 332 Å². The quantitative estimate of drug-likeness (QED) is 0.0894. The summed E-state index contributed by atoms with van der Waals surface area (Å²) in [6.07, 6.45) is 4.59. The molecule has 58 heavy (non-hydrogen) atoms. The van der Waals surface area contributed by atoms with Gasteiger partial charge in [-0.25, -0.2) is 22.7 Å². The number of carbonyl (C=O) groups is 3. The van der Waals surface area contributed by atoms with Gasteiger partial charge >= 0.3 is 0 Å². The molecule has 1 unspecified atom stereocenters. The van der Waals surface area contributed by atoms with Gasteiger partial charge in [-0.05, 0) is 68.7 Å². The zero-order valence-corrected chi connectivity index (χ0v) is 32.1. The highest BCUT2D eigenvalue weighted by atomic mass is 19.3. The van der Waals surface area contributed by atoms with Crippen LogP contribution in [0.5, 0.6) is 0 Å². The molecule has 3 atom stereocenters. The minimum absolute atomic E-state index is 0.0666. The number of nitrogens with two attached hydrogens (primary N) is 1. The van der Waals surface area contributed by atoms with Crippen molar-refractivity contribution < 1.29 is 27.6 Å². The number of aromatic nitrogens is 5. The smallest absolute Gasteiger partial charge is 0.284 e. The minimum Gasteiger partial charge on any atom is -0.388 e. The van der Waals surface area contributed by atoms with E-state index in [0.717, 1.165) is 56.7 Å². The first-order valence-electron chi connectivity index (χ1n) is 19.8. The first-order valence-corrected chi connectivity index (χ1v) is 19.8. The molecule has 1 saturated carbocycles. The highest BCUT2D eigenvalue weighted by Crippen LogP contribution is 2.36. The topological polar surface area (TPSA) is 204 Å². The molecule has 1 aromatic carbocycles. The van der Waals surface area contributed by atoms with Crippen LogP contribution in [0.25, 0.3) is 5.65 Å². The van der Waals surface area contributed by atoms with E-state index in [0.29, 0.717) is 30.3 Å². The predicted molar refractivity (Wildman–Crippen MR) is 211 cm³/mol. The molecule has 3 aromatic heterocycles. The summed E-state index contributed by atoms with van der Waals surface area (Å²) < 4.78 is 45.7. The molecular formula is C39H48F3N13O3. The molecule has 3 saturated heterocycles. The summed E-state index contributed by atoms with van der Waals surface area (Å²) in [5.74, 6) is -1.16. The standard InChI is InChI=1S/C39H48F3N13O3/c1-45-30-13-24(4-7-27(30)34(44)28-8-9-33(56)50-38(28)57)47-25-18-52(19-25)15-21-2-5-26(6-3-21)55-20-31(35(51-55)36(41)42)48-39(58)29-14-46-54-11-10-32(49-37(29)54)53-16-22(40)12-23(43)17-53/h4,7,10-11,13-14,20-23,25-26,28,36,44-45,47H,2-3,5-6,8-9,12,15-19,43H2,1H3,(H,48,58)(H,50,56,57)/t21?,22-,23-,26?,28?/m1/s1. The zero-order valence-electron chi connectivity index (χ0n) is 32.1. The van der Waals surface area contributed by atoms with E-state index in [4.69, 9.17) is 11.1 Å². The third-order valence-electron chi connectivity index (χ3n) is 11.8. The lowest BCUT2D eigenvalue weighted by atomic mass is 9.85. The lowest BCUT2D eigenvalue weighted by molar-refractivity contribution is -0.134. The van der Waals surface area contributed by atoms with E-state index < -0.39 is 36.0 Å². The van der Waals surface area contributed by atoms with Crippen LogP contribution in [-0.4, -0.2) is 111 Å². The van der Waals surface area contributed by atoms with E-state index in [2.05, 4.69) is 41.3 Å². The van der Waals surface area contributed by atoms with Crippen molar-refractivity contribution in [2.45, 2.75) is 75.7 Å². The molecule has 4 aliphatic rings. The normalized spacial score (nSPS) is 24.4. The summed E-state index contributed by atoms with van der Waals surface area (Å²) in [5.41, 5.74) is 8.20. The molecule has 3 aliphatic heterocycles. The number of imide groups is 1. The Hall–Kier alpha value is -5.56. The molecule has 16 nitrogen and oxygen atoms in total. The van der Waals surface area contributed by atoms with Crippen LogP contribution in [0.15, 0.2) is 42.9 Å². The third-order valence-corrected chi connectivity index (χ3v) is 11.8. The Morgan fingerprint density at radius 3 is 2.57 bits per heavy atom. The van der Waals surface area contributed by atoms with Gasteiger partial charge in [0.25, 0.3) is 12.3 Å². The number of piperidine rings is 2. The van der Waals surface area contributed by atoms with Crippen molar-refractivity contribution in [3.8, 4) is 0 Å². The molecule has 0 radical (unpaired) electrons. The second kappa shape index (κ2) is 16.4. The number of amides is 3. The molecule has 308 valence electrons. The lowest BCUT2D eigenvalue weighted by Crippen LogP contribution is -2.56. The van der Waals surface area contributed by atoms with E-state index in [1.807, 2.05) is 18.2 Å². The molecule has 3 amide bonds. The van der Waals surface area contributed by atoms with Crippen molar-refractivity contribution in [3.05, 3.63) is 59.7 Å². The number of hydrogen-bond donors (Lipinski definition) is 6. The van der Waals surface area contributed by atoms with Gasteiger partial charge in [0.15, 0.2) is 11.3 Å². The number of rotatable bonds is 12. The van der Waals surface area contributed by atoms with Crippen molar-refractivity contribution >= 4 is 52.0 Å². The largest absolute Gasteiger partial charge is 0.388 e. The number of nitrogens with one attached hydrogen (secondary N) is 5. The van der Waals surface area contributed by atoms with Crippen LogP contribution in [0.4, 0.5) is 36.1 Å². The van der Waals surface area contributed by atoms with Gasteiger partial charge in [0, 0.05) is 75.0 Å². The number of halogens is 3. The van der Waals surface area contributed by atoms with Crippen molar-refractivity contribution in [3.63, 3.8) is 0 Å². The summed E-state index contributed by atoms with van der Waals surface area (Å²) in [6, 6.07) is 7.18. The van der Waals surface area contributed by atoms with Gasteiger partial charge in [-0.1, -0.05) is 0 Å². The van der Waals surface area contributed by atoms with Crippen molar-refractivity contribution in [1.29, 1.82) is 5.41 Å². The Morgan fingerprint density at radius 2 is 1.84 bits per heavy atom. The summed E-state index contributed by atoms with van der Waals surface area (Å²) in [4.78, 5) is 46.1. The number of anilines is 4. The molecule has 6 heterocycles. The highest BCUT2D eigenvalue weighted by molar-refractivity contribution is 6.17. The van der Waals surface area contributed by atoms with E-state index >= 15 is 0 Å². The van der Waals surface area contributed by atoms with Gasteiger partial charge in [-0.15, -0.1) is 0 Å². The van der Waals surface area contributed by atoms with Gasteiger partial charge in [-0.3, -0.25) is 29.3 Å². The number of likely N-dealkylation sites (tertiary alicyclic amines) is 1. The van der Waals surface area contributed by atoms with Gasteiger partial charge in [0.1, 0.15) is 17.6 Å². The molecule has 0 bridgehead atoms. The van der Waals surface area contributed by atoms with Crippen molar-refractivity contribution in [1.82, 2.24) is 34.6 Å². The SMILES string of the molecule is CNc1cc(NC2CN(CC3CCC(n4cc(NC(=O)c5cnn6ccc(N7C[C@H](N)C[C@@H](F)C7)nc56)c(C(F)F)n4)CC3)C2)ccc1C(=N)C1CCC(=O)NC1=O. The average Bonchev–Trinajstić information content (AvgIpc) is 3.81. The van der Waals surface area contributed by atoms with E-state index in [-0.39, 0.29) is 66.0 Å². The number of hydrogen-bond acceptors (Lipinski definition) is 12. The zero-order chi connectivity index (χ0) is 40.7. The summed E-state index contributed by atoms with van der Waals surface area (Å²) in [7, 11) is 1.78. The first kappa shape index (κ1) is 39.3. The number of benzene rings is 1. The molecule has 1 aliphatic carbocycles.